The predicted octanol–water partition coefficient (Wildman–Crippen LogP) is 8.60. The maximum absolute atomic E-state index is 15.5. The molecule has 1 N–H and O–H groups in total. The SMILES string of the molecule is CC(NC(=O)c1ccc(/C(F)=C/C(c2cc(Cl)c(Cl)c(Cl)c2)C(F)(F)F)c2ccccc12)C(=O)N(C)CC(F)(F)F. The smallest absolute Gasteiger partial charge is 0.341 e. The van der Waals surface area contributed by atoms with E-state index >= 15 is 4.39 Å². The average molecular weight is 644 g/mol. The molecule has 0 saturated carbocycles. The predicted molar refractivity (Wildman–Crippen MR) is 144 cm³/mol. The van der Waals surface area contributed by atoms with Crippen LogP contribution in [0, 0.1) is 0 Å². The molecule has 0 radical (unpaired) electrons. The monoisotopic (exact) mass is 642 g/mol. The van der Waals surface area contributed by atoms with Gasteiger partial charge in [-0.15, -0.1) is 0 Å². The van der Waals surface area contributed by atoms with Crippen molar-refractivity contribution in [3.05, 3.63) is 86.4 Å². The van der Waals surface area contributed by atoms with E-state index in [1.54, 1.807) is 0 Å². The fourth-order valence-corrected chi connectivity index (χ4v) is 4.70. The molecule has 3 aromatic rings. The molecule has 0 heterocycles. The average Bonchev–Trinajstić information content (AvgIpc) is 2.87. The van der Waals surface area contributed by atoms with Gasteiger partial charge >= 0.3 is 12.4 Å². The number of hydrogen-bond donors (Lipinski definition) is 1. The number of carbonyl (C=O) groups is 2. The maximum atomic E-state index is 15.5. The highest BCUT2D eigenvalue weighted by atomic mass is 35.5. The standard InChI is InChI=1S/C27H20Cl3F7N2O2/c1-13(25(41)39(2)12-26(32,33)34)38-24(40)18-8-7-17(15-5-3-4-6-16(15)18)22(31)11-19(27(35,36)37)14-9-20(28)23(30)21(29)10-14/h3-11,13,19H,12H2,1-2H3,(H,38,40)/b22-11-. The van der Waals surface area contributed by atoms with Crippen molar-refractivity contribution in [2.24, 2.45) is 0 Å². The number of fused-ring (bicyclic) bond motifs is 1. The normalized spacial score (nSPS) is 14.1. The summed E-state index contributed by atoms with van der Waals surface area (Å²) in [6, 6.07) is 8.47. The van der Waals surface area contributed by atoms with Crippen LogP contribution in [0.25, 0.3) is 16.6 Å². The summed E-state index contributed by atoms with van der Waals surface area (Å²) in [5.41, 5.74) is -0.813. The number of allylic oxidation sites excluding steroid dienone is 1. The fourth-order valence-electron chi connectivity index (χ4n) is 4.09. The van der Waals surface area contributed by atoms with Gasteiger partial charge < -0.3 is 10.2 Å². The third-order valence-electron chi connectivity index (χ3n) is 5.97. The largest absolute Gasteiger partial charge is 0.406 e. The number of alkyl halides is 6. The van der Waals surface area contributed by atoms with Gasteiger partial charge in [-0.05, 0) is 47.5 Å². The first-order valence-corrected chi connectivity index (χ1v) is 12.8. The summed E-state index contributed by atoms with van der Waals surface area (Å²) in [6.07, 6.45) is -9.25. The first-order chi connectivity index (χ1) is 18.9. The zero-order valence-corrected chi connectivity index (χ0v) is 23.4. The van der Waals surface area contributed by atoms with Crippen molar-refractivity contribution in [3.8, 4) is 0 Å². The van der Waals surface area contributed by atoms with E-state index in [-0.39, 0.29) is 37.0 Å². The Bertz CT molecular complexity index is 1480. The minimum atomic E-state index is -4.95. The minimum Gasteiger partial charge on any atom is -0.341 e. The van der Waals surface area contributed by atoms with Crippen molar-refractivity contribution >= 4 is 63.2 Å². The molecule has 0 aliphatic heterocycles. The van der Waals surface area contributed by atoms with E-state index in [0.717, 1.165) is 31.3 Å². The van der Waals surface area contributed by atoms with E-state index in [2.05, 4.69) is 5.32 Å². The van der Waals surface area contributed by atoms with Crippen LogP contribution in [-0.4, -0.2) is 48.7 Å². The molecule has 3 rings (SSSR count). The van der Waals surface area contributed by atoms with Gasteiger partial charge in [-0.1, -0.05) is 65.1 Å². The Labute approximate surface area is 244 Å². The fraction of sp³-hybridized carbons (Fsp3) is 0.259. The topological polar surface area (TPSA) is 49.4 Å². The van der Waals surface area contributed by atoms with Gasteiger partial charge in [0.15, 0.2) is 0 Å². The van der Waals surface area contributed by atoms with Crippen molar-refractivity contribution in [2.45, 2.75) is 31.2 Å². The molecule has 4 nitrogen and oxygen atoms in total. The van der Waals surface area contributed by atoms with Crippen molar-refractivity contribution < 1.29 is 40.3 Å². The summed E-state index contributed by atoms with van der Waals surface area (Å²) in [5, 5.41) is 1.82. The Morgan fingerprint density at radius 3 is 1.95 bits per heavy atom. The summed E-state index contributed by atoms with van der Waals surface area (Å²) in [7, 11) is 0.929. The highest BCUT2D eigenvalue weighted by Gasteiger charge is 2.40. The Morgan fingerprint density at radius 2 is 1.44 bits per heavy atom. The second-order valence-corrected chi connectivity index (χ2v) is 10.2. The van der Waals surface area contributed by atoms with Crippen molar-refractivity contribution in [1.29, 1.82) is 0 Å². The third-order valence-corrected chi connectivity index (χ3v) is 7.16. The molecule has 2 amide bonds. The van der Waals surface area contributed by atoms with Crippen LogP contribution in [0.15, 0.2) is 54.6 Å². The Morgan fingerprint density at radius 1 is 0.927 bits per heavy atom. The molecule has 0 aromatic heterocycles. The van der Waals surface area contributed by atoms with E-state index in [4.69, 9.17) is 34.8 Å². The molecule has 41 heavy (non-hydrogen) atoms. The lowest BCUT2D eigenvalue weighted by Crippen LogP contribution is -2.48. The Hall–Kier alpha value is -3.02. The van der Waals surface area contributed by atoms with Crippen LogP contribution in [-0.2, 0) is 4.79 Å². The zero-order valence-electron chi connectivity index (χ0n) is 21.1. The number of rotatable bonds is 7. The first-order valence-electron chi connectivity index (χ1n) is 11.6. The van der Waals surface area contributed by atoms with Gasteiger partial charge in [-0.3, -0.25) is 9.59 Å². The van der Waals surface area contributed by atoms with E-state index in [9.17, 15) is 35.9 Å². The molecule has 2 atom stereocenters. The number of carbonyl (C=O) groups excluding carboxylic acids is 2. The summed E-state index contributed by atoms with van der Waals surface area (Å²) < 4.78 is 95.4. The van der Waals surface area contributed by atoms with Crippen molar-refractivity contribution in [3.63, 3.8) is 0 Å². The molecule has 0 fully saturated rings. The van der Waals surface area contributed by atoms with Crippen molar-refractivity contribution in [1.82, 2.24) is 10.2 Å². The zero-order chi connectivity index (χ0) is 30.9. The molecule has 0 spiro atoms. The molecule has 0 aliphatic carbocycles. The molecule has 0 saturated heterocycles. The summed E-state index contributed by atoms with van der Waals surface area (Å²) >= 11 is 17.6. The number of nitrogens with one attached hydrogen (secondary N) is 1. The third kappa shape index (κ3) is 7.84. The van der Waals surface area contributed by atoms with Gasteiger partial charge in [-0.2, -0.15) is 26.3 Å². The lowest BCUT2D eigenvalue weighted by atomic mass is 9.94. The highest BCUT2D eigenvalue weighted by Crippen LogP contribution is 2.42. The van der Waals surface area contributed by atoms with E-state index in [1.165, 1.54) is 31.2 Å². The summed E-state index contributed by atoms with van der Waals surface area (Å²) in [6.45, 7) is -0.332. The first kappa shape index (κ1) is 32.5. The Balaban J connectivity index is 1.99. The van der Waals surface area contributed by atoms with Crippen LogP contribution < -0.4 is 5.32 Å². The van der Waals surface area contributed by atoms with Crippen molar-refractivity contribution in [2.75, 3.05) is 13.6 Å². The van der Waals surface area contributed by atoms with Crippen LogP contribution in [0.3, 0.4) is 0 Å². The number of halogens is 10. The molecular weight excluding hydrogens is 624 g/mol. The number of amides is 2. The molecule has 3 aromatic carbocycles. The maximum Gasteiger partial charge on any atom is 0.406 e. The second-order valence-electron chi connectivity index (χ2n) is 9.04. The summed E-state index contributed by atoms with van der Waals surface area (Å²) in [4.78, 5) is 25.7. The van der Waals surface area contributed by atoms with Crippen LogP contribution in [0.5, 0.6) is 0 Å². The van der Waals surface area contributed by atoms with Gasteiger partial charge in [-0.25, -0.2) is 4.39 Å². The van der Waals surface area contributed by atoms with Gasteiger partial charge in [0.05, 0.1) is 15.1 Å². The molecule has 0 aliphatic rings. The molecule has 2 unspecified atom stereocenters. The van der Waals surface area contributed by atoms with E-state index in [0.29, 0.717) is 11.0 Å². The number of benzene rings is 3. The van der Waals surface area contributed by atoms with E-state index < -0.39 is 54.1 Å². The van der Waals surface area contributed by atoms with Crippen LogP contribution in [0.1, 0.15) is 34.3 Å². The summed E-state index contributed by atoms with van der Waals surface area (Å²) in [5.74, 6) is -5.60. The number of hydrogen-bond acceptors (Lipinski definition) is 2. The molecule has 0 bridgehead atoms. The number of likely N-dealkylation sites (N-methyl/N-ethyl adjacent to an activating group) is 1. The van der Waals surface area contributed by atoms with E-state index in [1.807, 2.05) is 0 Å². The Kier molecular flexibility index (Phi) is 9.88. The molecule has 14 heteroatoms. The molecular formula is C27H20Cl3F7N2O2. The van der Waals surface area contributed by atoms with Crippen LogP contribution in [0.2, 0.25) is 15.1 Å². The van der Waals surface area contributed by atoms with Crippen LogP contribution >= 0.6 is 34.8 Å². The molecule has 220 valence electrons. The van der Waals surface area contributed by atoms with Gasteiger partial charge in [0, 0.05) is 18.2 Å². The van der Waals surface area contributed by atoms with Crippen LogP contribution in [0.4, 0.5) is 30.7 Å². The lowest BCUT2D eigenvalue weighted by molar-refractivity contribution is -0.159. The lowest BCUT2D eigenvalue weighted by Gasteiger charge is -2.23. The second kappa shape index (κ2) is 12.5. The quantitative estimate of drug-likeness (QED) is 0.207. The van der Waals surface area contributed by atoms with Gasteiger partial charge in [0.2, 0.25) is 5.91 Å². The van der Waals surface area contributed by atoms with Gasteiger partial charge in [0.1, 0.15) is 24.3 Å². The van der Waals surface area contributed by atoms with Gasteiger partial charge in [0.25, 0.3) is 5.91 Å². The number of nitrogens with zero attached hydrogens (tertiary/aromatic N) is 1. The highest BCUT2D eigenvalue weighted by molar-refractivity contribution is 6.48. The minimum absolute atomic E-state index is 0.0650.